The summed E-state index contributed by atoms with van der Waals surface area (Å²) in [5, 5.41) is 0.738. The third kappa shape index (κ3) is 12.8. The van der Waals surface area contributed by atoms with Crippen LogP contribution in [0.5, 0.6) is 23.0 Å². The molecule has 1 aromatic heterocycles. The number of fused-ring (bicyclic) bond motifs is 1. The molecule has 4 aromatic rings. The number of hydrogen-bond donors (Lipinski definition) is 0. The molecule has 0 N–H and O–H groups in total. The fourth-order valence-corrected chi connectivity index (χ4v) is 7.52. The summed E-state index contributed by atoms with van der Waals surface area (Å²) in [6, 6.07) is 18.3. The van der Waals surface area contributed by atoms with Crippen molar-refractivity contribution >= 4 is 22.6 Å². The van der Waals surface area contributed by atoms with E-state index in [9.17, 15) is 0 Å². The molecule has 9 nitrogen and oxygen atoms in total. The first-order valence-electron chi connectivity index (χ1n) is 21.1. The Balaban J connectivity index is 1.47. The van der Waals surface area contributed by atoms with Crippen molar-refractivity contribution in [2.75, 3.05) is 85.3 Å². The van der Waals surface area contributed by atoms with Gasteiger partial charge in [0.25, 0.3) is 0 Å². The van der Waals surface area contributed by atoms with Crippen LogP contribution in [-0.2, 0) is 13.0 Å². The number of aryl methyl sites for hydroxylation is 1. The minimum absolute atomic E-state index is 0.534. The first-order valence-corrected chi connectivity index (χ1v) is 21.4. The first kappa shape index (κ1) is 42.6. The van der Waals surface area contributed by atoms with E-state index in [2.05, 4.69) is 72.1 Å². The molecule has 0 bridgehead atoms. The Morgan fingerprint density at radius 3 is 2.04 bits per heavy atom. The molecule has 55 heavy (non-hydrogen) atoms. The largest absolute Gasteiger partial charge is 0.493 e. The van der Waals surface area contributed by atoms with Crippen molar-refractivity contribution in [2.45, 2.75) is 86.1 Å². The van der Waals surface area contributed by atoms with Crippen LogP contribution < -0.4 is 18.9 Å². The number of aromatic nitrogens is 2. The number of ether oxygens (including phenoxy) is 4. The van der Waals surface area contributed by atoms with E-state index in [1.165, 1.54) is 12.8 Å². The van der Waals surface area contributed by atoms with Crippen LogP contribution in [0.2, 0.25) is 5.02 Å². The summed E-state index contributed by atoms with van der Waals surface area (Å²) < 4.78 is 28.4. The van der Waals surface area contributed by atoms with Crippen molar-refractivity contribution in [1.29, 1.82) is 0 Å². The quantitative estimate of drug-likeness (QED) is 0.0585. The van der Waals surface area contributed by atoms with Crippen LogP contribution in [0, 0.1) is 0 Å². The zero-order chi connectivity index (χ0) is 38.8. The molecule has 0 aliphatic carbocycles. The maximum Gasteiger partial charge on any atom is 0.150 e. The van der Waals surface area contributed by atoms with Crippen LogP contribution in [-0.4, -0.2) is 110 Å². The van der Waals surface area contributed by atoms with Gasteiger partial charge in [-0.1, -0.05) is 64.8 Å². The van der Waals surface area contributed by atoms with Gasteiger partial charge in [-0.15, -0.1) is 0 Å². The van der Waals surface area contributed by atoms with E-state index in [0.717, 1.165) is 154 Å². The Bertz CT molecular complexity index is 1720. The summed E-state index contributed by atoms with van der Waals surface area (Å²) in [4.78, 5) is 12.7. The number of likely N-dealkylation sites (tertiary alicyclic amines) is 1. The second kappa shape index (κ2) is 22.9. The third-order valence-corrected chi connectivity index (χ3v) is 10.9. The van der Waals surface area contributed by atoms with E-state index in [1.54, 1.807) is 0 Å². The Morgan fingerprint density at radius 1 is 0.673 bits per heavy atom. The number of halogens is 1. The Morgan fingerprint density at radius 2 is 1.35 bits per heavy atom. The number of benzene rings is 3. The van der Waals surface area contributed by atoms with Gasteiger partial charge >= 0.3 is 0 Å². The standard InChI is InChI=1S/C45H66ClN5O4/c1-6-11-26-51-41-33-39(52-28-15-24-48(7-2)8-3)35-43(55-31-27-50-22-12-13-23-50)44(41)47-45(51)40-20-19-38(53-30-21-36-17-14-18-37(46)32-36)34-42(40)54-29-16-25-49(9-4)10-5/h14,17-20,32-35H,6-13,15-16,21-31H2,1-5H3. The molecule has 0 atom stereocenters. The molecule has 2 heterocycles. The molecular formula is C45H66ClN5O4. The van der Waals surface area contributed by atoms with Crippen molar-refractivity contribution in [3.63, 3.8) is 0 Å². The number of hydrogen-bond acceptors (Lipinski definition) is 8. The van der Waals surface area contributed by atoms with E-state index in [0.29, 0.717) is 26.4 Å². The Labute approximate surface area is 335 Å². The molecule has 0 saturated carbocycles. The van der Waals surface area contributed by atoms with Gasteiger partial charge in [-0.05, 0) is 101 Å². The third-order valence-electron chi connectivity index (χ3n) is 10.7. The summed E-state index contributed by atoms with van der Waals surface area (Å²) >= 11 is 6.24. The molecule has 0 amide bonds. The van der Waals surface area contributed by atoms with Crippen molar-refractivity contribution in [2.24, 2.45) is 0 Å². The molecule has 0 radical (unpaired) electrons. The van der Waals surface area contributed by atoms with Gasteiger partial charge in [0.15, 0.2) is 5.75 Å². The summed E-state index contributed by atoms with van der Waals surface area (Å²) in [6.45, 7) is 23.6. The molecule has 1 fully saturated rings. The molecule has 0 spiro atoms. The van der Waals surface area contributed by atoms with Gasteiger partial charge in [-0.2, -0.15) is 0 Å². The van der Waals surface area contributed by atoms with Crippen molar-refractivity contribution in [3.8, 4) is 34.4 Å². The maximum absolute atomic E-state index is 6.64. The second-order valence-corrected chi connectivity index (χ2v) is 14.9. The van der Waals surface area contributed by atoms with Gasteiger partial charge in [0.05, 0.1) is 30.9 Å². The number of unbranched alkanes of at least 4 members (excludes halogenated alkanes) is 1. The summed E-state index contributed by atoms with van der Waals surface area (Å²) in [5.74, 6) is 4.01. The Kier molecular flexibility index (Phi) is 17.8. The lowest BCUT2D eigenvalue weighted by molar-refractivity contribution is 0.235. The predicted octanol–water partition coefficient (Wildman–Crippen LogP) is 9.47. The van der Waals surface area contributed by atoms with E-state index in [-0.39, 0.29) is 0 Å². The lowest BCUT2D eigenvalue weighted by atomic mass is 10.1. The molecule has 3 aromatic carbocycles. The smallest absolute Gasteiger partial charge is 0.150 e. The molecule has 1 aliphatic rings. The highest BCUT2D eigenvalue weighted by atomic mass is 35.5. The minimum Gasteiger partial charge on any atom is -0.493 e. The topological polar surface area (TPSA) is 64.5 Å². The molecule has 1 saturated heterocycles. The predicted molar refractivity (Wildman–Crippen MR) is 228 cm³/mol. The minimum atomic E-state index is 0.534. The van der Waals surface area contributed by atoms with Crippen LogP contribution in [0.1, 0.15) is 78.7 Å². The zero-order valence-corrected chi connectivity index (χ0v) is 35.0. The van der Waals surface area contributed by atoms with Crippen molar-refractivity contribution in [1.82, 2.24) is 24.3 Å². The van der Waals surface area contributed by atoms with Crippen LogP contribution in [0.15, 0.2) is 54.6 Å². The van der Waals surface area contributed by atoms with Crippen LogP contribution in [0.4, 0.5) is 0 Å². The number of nitrogens with zero attached hydrogens (tertiary/aromatic N) is 5. The van der Waals surface area contributed by atoms with Crippen LogP contribution >= 0.6 is 11.6 Å². The normalized spacial score (nSPS) is 13.4. The average Bonchev–Trinajstić information content (AvgIpc) is 3.85. The molecular weight excluding hydrogens is 710 g/mol. The number of imidazole rings is 1. The summed E-state index contributed by atoms with van der Waals surface area (Å²) in [6.07, 6.45) is 7.26. The SMILES string of the molecule is CCCCn1c(-c2ccc(OCCc3cccc(Cl)c3)cc2OCCCN(CC)CC)nc2c(OCCN3CCCC3)cc(OCCCN(CC)CC)cc21. The molecule has 10 heteroatoms. The monoisotopic (exact) mass is 775 g/mol. The van der Waals surface area contributed by atoms with Crippen molar-refractivity contribution < 1.29 is 18.9 Å². The fraction of sp³-hybridized carbons (Fsp3) is 0.578. The molecule has 5 rings (SSSR count). The zero-order valence-electron chi connectivity index (χ0n) is 34.3. The van der Waals surface area contributed by atoms with Crippen molar-refractivity contribution in [3.05, 3.63) is 65.2 Å². The van der Waals surface area contributed by atoms with Gasteiger partial charge in [0.2, 0.25) is 0 Å². The van der Waals surface area contributed by atoms with Crippen LogP contribution in [0.3, 0.4) is 0 Å². The van der Waals surface area contributed by atoms with Gasteiger partial charge in [-0.3, -0.25) is 4.90 Å². The van der Waals surface area contributed by atoms with E-state index in [1.807, 2.05) is 36.4 Å². The van der Waals surface area contributed by atoms with E-state index in [4.69, 9.17) is 35.5 Å². The highest BCUT2D eigenvalue weighted by Gasteiger charge is 2.22. The van der Waals surface area contributed by atoms with Gasteiger partial charge < -0.3 is 33.3 Å². The summed E-state index contributed by atoms with van der Waals surface area (Å²) in [7, 11) is 0. The average molecular weight is 777 g/mol. The maximum atomic E-state index is 6.64. The van der Waals surface area contributed by atoms with Gasteiger partial charge in [-0.25, -0.2) is 4.98 Å². The van der Waals surface area contributed by atoms with E-state index < -0.39 is 0 Å². The second-order valence-electron chi connectivity index (χ2n) is 14.5. The Hall–Kier alpha value is -3.50. The fourth-order valence-electron chi connectivity index (χ4n) is 7.30. The van der Waals surface area contributed by atoms with Gasteiger partial charge in [0.1, 0.15) is 35.2 Å². The molecule has 302 valence electrons. The molecule has 0 unspecified atom stereocenters. The highest BCUT2D eigenvalue weighted by Crippen LogP contribution is 2.39. The lowest BCUT2D eigenvalue weighted by Crippen LogP contribution is -2.25. The highest BCUT2D eigenvalue weighted by molar-refractivity contribution is 6.30. The first-order chi connectivity index (χ1) is 27.0. The summed E-state index contributed by atoms with van der Waals surface area (Å²) in [5.41, 5.74) is 3.97. The lowest BCUT2D eigenvalue weighted by Gasteiger charge is -2.19. The molecule has 1 aliphatic heterocycles. The van der Waals surface area contributed by atoms with E-state index >= 15 is 0 Å². The van der Waals surface area contributed by atoms with Gasteiger partial charge in [0, 0.05) is 55.8 Å². The number of rotatable bonds is 26. The van der Waals surface area contributed by atoms with Crippen LogP contribution in [0.25, 0.3) is 22.4 Å².